The highest BCUT2D eigenvalue weighted by atomic mass is 16.7. The van der Waals surface area contributed by atoms with Gasteiger partial charge in [0.2, 0.25) is 6.79 Å². The Hall–Kier alpha value is -3.71. The van der Waals surface area contributed by atoms with Crippen LogP contribution in [0.1, 0.15) is 113 Å². The van der Waals surface area contributed by atoms with Gasteiger partial charge < -0.3 is 85.2 Å². The zero-order valence-electron chi connectivity index (χ0n) is 43.3. The van der Waals surface area contributed by atoms with Gasteiger partial charge in [-0.1, -0.05) is 86.8 Å². The van der Waals surface area contributed by atoms with Crippen LogP contribution in [0.3, 0.4) is 0 Å². The van der Waals surface area contributed by atoms with Crippen LogP contribution in [0.15, 0.2) is 72.9 Å². The lowest BCUT2D eigenvalue weighted by atomic mass is 9.82. The van der Waals surface area contributed by atoms with Gasteiger partial charge in [0, 0.05) is 31.1 Å². The van der Waals surface area contributed by atoms with Gasteiger partial charge in [-0.15, -0.1) is 0 Å². The van der Waals surface area contributed by atoms with Gasteiger partial charge in [-0.05, 0) is 73.1 Å². The van der Waals surface area contributed by atoms with E-state index in [9.17, 15) is 65.4 Å². The maximum Gasteiger partial charge on any atom is 0.317 e. The van der Waals surface area contributed by atoms with Crippen molar-refractivity contribution in [2.75, 3.05) is 6.79 Å². The van der Waals surface area contributed by atoms with E-state index in [0.29, 0.717) is 0 Å². The van der Waals surface area contributed by atoms with Crippen LogP contribution < -0.4 is 5.73 Å². The van der Waals surface area contributed by atoms with E-state index in [0.717, 1.165) is 12.8 Å². The van der Waals surface area contributed by atoms with E-state index in [1.165, 1.54) is 13.0 Å². The number of aliphatic hydroxyl groups excluding tert-OH is 9. The van der Waals surface area contributed by atoms with Crippen LogP contribution >= 0.6 is 0 Å². The molecule has 3 heterocycles. The van der Waals surface area contributed by atoms with Crippen molar-refractivity contribution in [3.63, 3.8) is 0 Å². The lowest BCUT2D eigenvalue weighted by Gasteiger charge is -2.45. The molecule has 0 amide bonds. The number of hydrogen-bond donors (Lipinski definition) is 11. The number of carbonyl (C=O) groups is 3. The van der Waals surface area contributed by atoms with E-state index in [-0.39, 0.29) is 38.0 Å². The van der Waals surface area contributed by atoms with Crippen molar-refractivity contribution < 1.29 is 93.9 Å². The topological polar surface area (TPSA) is 335 Å². The summed E-state index contributed by atoms with van der Waals surface area (Å²) in [6, 6.07) is -1.18. The number of nitrogens with two attached hydrogens (primary N) is 1. The number of hydrogen-bond acceptors (Lipinski definition) is 20. The van der Waals surface area contributed by atoms with Crippen molar-refractivity contribution in [1.82, 2.24) is 0 Å². The van der Waals surface area contributed by atoms with Crippen molar-refractivity contribution in [3.8, 4) is 0 Å². The highest BCUT2D eigenvalue weighted by Crippen LogP contribution is 2.39. The molecule has 0 radical (unpaired) electrons. The Morgan fingerprint density at radius 2 is 1.29 bits per heavy atom. The standard InChI is InChI=1S/C53H85NO19/c1-31-20-18-16-14-12-10-8-9-11-13-15-17-19-21-38(72-50-48(64)45(54)47(63)34(4)71-50)27-42-44(49(65)68-30-69-51(66)52(5,6)7)41(60)29-53(67,73-42)28-40(59)39(58)23-22-35(55)24-36(56)25-37(57)26-43(61)70-33(3)32(2)46(31)62/h8-9,11,13-21,31-42,44-48,50,55-60,62-64,67H,10,12,22-30,54H2,1-7H3/b9-8+,13-11+,16-14+,17-15+,20-18+,21-19+/t31?,32?,33?,34?,35?,36?,37?,38-,39?,40?,41?,42-,44+,45?,46+,47?,48?,50?,53+/m0/s1. The predicted octanol–water partition coefficient (Wildman–Crippen LogP) is 1.94. The summed E-state index contributed by atoms with van der Waals surface area (Å²) in [6.45, 7) is 10.7. The number of aliphatic hydroxyl groups is 10. The fraction of sp³-hybridized carbons (Fsp3) is 0.717. The second kappa shape index (κ2) is 30.7. The van der Waals surface area contributed by atoms with Crippen molar-refractivity contribution in [2.24, 2.45) is 28.9 Å². The molecular weight excluding hydrogens is 955 g/mol. The molecule has 2 saturated heterocycles. The monoisotopic (exact) mass is 1040 g/mol. The Bertz CT molecular complexity index is 1860. The first-order valence-corrected chi connectivity index (χ1v) is 25.4. The smallest absolute Gasteiger partial charge is 0.317 e. The van der Waals surface area contributed by atoms with E-state index in [2.05, 4.69) is 0 Å². The summed E-state index contributed by atoms with van der Waals surface area (Å²) in [4.78, 5) is 38.9. The molecule has 2 fully saturated rings. The number of fused-ring (bicyclic) bond motifs is 2. The van der Waals surface area contributed by atoms with Gasteiger partial charge in [0.25, 0.3) is 0 Å². The predicted molar refractivity (Wildman–Crippen MR) is 266 cm³/mol. The molecule has 2 bridgehead atoms. The molecule has 20 nitrogen and oxygen atoms in total. The molecule has 0 saturated carbocycles. The van der Waals surface area contributed by atoms with Crippen LogP contribution in [0, 0.1) is 23.2 Å². The fourth-order valence-electron chi connectivity index (χ4n) is 8.55. The van der Waals surface area contributed by atoms with Crippen molar-refractivity contribution in [3.05, 3.63) is 72.9 Å². The quantitative estimate of drug-likeness (QED) is 0.138. The van der Waals surface area contributed by atoms with Gasteiger partial charge in [0.1, 0.15) is 18.1 Å². The molecular formula is C53H85NO19. The minimum absolute atomic E-state index is 0.159. The van der Waals surface area contributed by atoms with Gasteiger partial charge in [0.05, 0.1) is 85.0 Å². The Kier molecular flexibility index (Phi) is 26.8. The first kappa shape index (κ1) is 63.6. The first-order valence-electron chi connectivity index (χ1n) is 25.4. The Balaban J connectivity index is 1.93. The number of allylic oxidation sites excluding steroid dienone is 10. The average Bonchev–Trinajstić information content (AvgIpc) is 3.29. The second-order valence-corrected chi connectivity index (χ2v) is 20.8. The molecule has 0 aliphatic carbocycles. The summed E-state index contributed by atoms with van der Waals surface area (Å²) in [7, 11) is 0. The molecule has 0 aromatic carbocycles. The number of esters is 3. The largest absolute Gasteiger partial charge is 0.462 e. The minimum atomic E-state index is -2.41. The SMILES string of the molecule is CC1OC(O[C@H]2/C=C/C=C/C=C/C=C/CC/C=C/C=C/C(C)[C@@H](O)C(C)C(C)OC(=O)CC(O)CC(O)CC(O)CCC(O)C(O)C[C@]3(O)CC(O)[C@@H](C(=O)OCOC(=O)C(C)(C)C)[C@H](C2)O3)C(O)C(N)C1O. The van der Waals surface area contributed by atoms with Crippen molar-refractivity contribution in [1.29, 1.82) is 0 Å². The molecule has 12 N–H and O–H groups in total. The molecule has 3 aliphatic heterocycles. The molecule has 0 aromatic rings. The first-order chi connectivity index (χ1) is 34.2. The number of cyclic esters (lactones) is 1. The average molecular weight is 1040 g/mol. The van der Waals surface area contributed by atoms with Gasteiger partial charge in [-0.25, -0.2) is 0 Å². The summed E-state index contributed by atoms with van der Waals surface area (Å²) in [5, 5.41) is 110. The maximum atomic E-state index is 13.7. The lowest BCUT2D eigenvalue weighted by molar-refractivity contribution is -0.310. The molecule has 73 heavy (non-hydrogen) atoms. The number of rotatable bonds is 5. The summed E-state index contributed by atoms with van der Waals surface area (Å²) in [5.41, 5.74) is 5.16. The third-order valence-corrected chi connectivity index (χ3v) is 13.2. The molecule has 19 atom stereocenters. The Morgan fingerprint density at radius 3 is 1.95 bits per heavy atom. The molecule has 20 heteroatoms. The van der Waals surface area contributed by atoms with Crippen LogP contribution in [-0.4, -0.2) is 173 Å². The zero-order chi connectivity index (χ0) is 54.6. The van der Waals surface area contributed by atoms with Gasteiger partial charge in [0.15, 0.2) is 12.1 Å². The van der Waals surface area contributed by atoms with Gasteiger partial charge in [-0.3, -0.25) is 14.4 Å². The summed E-state index contributed by atoms with van der Waals surface area (Å²) >= 11 is 0. The van der Waals surface area contributed by atoms with Crippen LogP contribution in [0.4, 0.5) is 0 Å². The Morgan fingerprint density at radius 1 is 0.699 bits per heavy atom. The highest BCUT2D eigenvalue weighted by molar-refractivity contribution is 5.76. The van der Waals surface area contributed by atoms with Crippen LogP contribution in [0.2, 0.25) is 0 Å². The third-order valence-electron chi connectivity index (χ3n) is 13.2. The van der Waals surface area contributed by atoms with Gasteiger partial charge >= 0.3 is 17.9 Å². The van der Waals surface area contributed by atoms with E-state index in [1.54, 1.807) is 58.9 Å². The van der Waals surface area contributed by atoms with Crippen molar-refractivity contribution in [2.45, 2.75) is 210 Å². The molecule has 3 aliphatic rings. The lowest BCUT2D eigenvalue weighted by Crippen LogP contribution is -2.61. The fourth-order valence-corrected chi connectivity index (χ4v) is 8.55. The number of carbonyl (C=O) groups excluding carboxylic acids is 3. The van der Waals surface area contributed by atoms with E-state index < -0.39 is 159 Å². The Labute approximate surface area is 429 Å². The highest BCUT2D eigenvalue weighted by Gasteiger charge is 2.52. The van der Waals surface area contributed by atoms with Crippen LogP contribution in [0.5, 0.6) is 0 Å². The zero-order valence-corrected chi connectivity index (χ0v) is 43.3. The van der Waals surface area contributed by atoms with E-state index in [4.69, 9.17) is 34.2 Å². The van der Waals surface area contributed by atoms with Gasteiger partial charge in [-0.2, -0.15) is 0 Å². The molecule has 0 spiro atoms. The van der Waals surface area contributed by atoms with E-state index in [1.807, 2.05) is 49.5 Å². The number of ether oxygens (including phenoxy) is 6. The molecule has 14 unspecified atom stereocenters. The summed E-state index contributed by atoms with van der Waals surface area (Å²) in [5.74, 6) is -7.18. The van der Waals surface area contributed by atoms with E-state index >= 15 is 0 Å². The second-order valence-electron chi connectivity index (χ2n) is 20.8. The summed E-state index contributed by atoms with van der Waals surface area (Å²) in [6.07, 6.45) is 1.69. The van der Waals surface area contributed by atoms with Crippen LogP contribution in [-0.2, 0) is 42.8 Å². The third kappa shape index (κ3) is 21.8. The maximum absolute atomic E-state index is 13.7. The molecule has 0 aromatic heterocycles. The van der Waals surface area contributed by atoms with Crippen LogP contribution in [0.25, 0.3) is 0 Å². The molecule has 416 valence electrons. The minimum Gasteiger partial charge on any atom is -0.462 e. The van der Waals surface area contributed by atoms with Crippen molar-refractivity contribution >= 4 is 17.9 Å². The summed E-state index contributed by atoms with van der Waals surface area (Å²) < 4.78 is 34.0. The molecule has 3 rings (SSSR count). The normalized spacial score (nSPS) is 41.7.